The first-order valence-electron chi connectivity index (χ1n) is 33.5. The number of carboxylic acids is 1. The van der Waals surface area contributed by atoms with Crippen LogP contribution in [0.15, 0.2) is 90.1 Å². The number of fused-ring (bicyclic) bond motifs is 1. The SMILES string of the molecule is CSCC[C@@H](NC(=O)[C@@H](Cc1c[nH]c2ccccc12)NC(=O)[C@@H](CCCCN)NC(=O)[C@@H](CCCCN)C(=O)O)C(=O)N[C@@H](C(=O)NC(C(=O)N[C@H](Cc1ccc(O)cc1)C(=O)N[C@H](Cc1ccccc1)C(=O)N[C@H](CCCN=C(N)N)C(=O)N[C@@H](N)CCCCN)C(C)C)C(C)C. The average Bonchev–Trinajstić information content (AvgIpc) is 1.60. The van der Waals surface area contributed by atoms with Crippen LogP contribution in [0.3, 0.4) is 0 Å². The van der Waals surface area contributed by atoms with Gasteiger partial charge in [0.1, 0.15) is 60.0 Å². The molecule has 4 rings (SSSR count). The summed E-state index contributed by atoms with van der Waals surface area (Å²) >= 11 is 1.38. The average molecular weight is 1380 g/mol. The number of nitrogens with two attached hydrogens (primary N) is 6. The number of aliphatic carboxylic acids is 1. The van der Waals surface area contributed by atoms with Crippen LogP contribution in [0.1, 0.15) is 121 Å². The molecule has 1 aromatic heterocycles. The largest absolute Gasteiger partial charge is 0.508 e. The number of aliphatic imine (C=N–C) groups is 1. The lowest BCUT2D eigenvalue weighted by Gasteiger charge is -2.30. The van der Waals surface area contributed by atoms with Gasteiger partial charge >= 0.3 is 5.97 Å². The second-order valence-electron chi connectivity index (χ2n) is 25.0. The fraction of sp³-hybridized carbons (Fsp3) is 0.544. The molecule has 0 bridgehead atoms. The van der Waals surface area contributed by atoms with E-state index in [0.717, 1.165) is 10.9 Å². The Morgan fingerprint density at radius 2 is 0.908 bits per heavy atom. The van der Waals surface area contributed by atoms with Gasteiger partial charge in [-0.05, 0) is 149 Å². The highest BCUT2D eigenvalue weighted by Crippen LogP contribution is 2.21. The highest BCUT2D eigenvalue weighted by Gasteiger charge is 2.38. The second-order valence-corrected chi connectivity index (χ2v) is 26.0. The molecule has 3 aromatic carbocycles. The summed E-state index contributed by atoms with van der Waals surface area (Å²) in [7, 11) is 0. The number of carboxylic acid groups (broad SMARTS) is 1. The van der Waals surface area contributed by atoms with Gasteiger partial charge in [-0.1, -0.05) is 94.8 Å². The third-order valence-electron chi connectivity index (χ3n) is 16.4. The number of nitrogens with zero attached hydrogens (tertiary/aromatic N) is 1. The summed E-state index contributed by atoms with van der Waals surface area (Å²) in [4.78, 5) is 150. The lowest BCUT2D eigenvalue weighted by Crippen LogP contribution is -2.62. The van der Waals surface area contributed by atoms with Crippen molar-refractivity contribution in [2.24, 2.45) is 57.1 Å². The molecule has 30 heteroatoms. The maximum Gasteiger partial charge on any atom is 0.316 e. The molecule has 0 aliphatic heterocycles. The fourth-order valence-electron chi connectivity index (χ4n) is 10.8. The third-order valence-corrected chi connectivity index (χ3v) is 17.1. The summed E-state index contributed by atoms with van der Waals surface area (Å²) in [6, 6.07) is 11.4. The van der Waals surface area contributed by atoms with Crippen molar-refractivity contribution in [2.45, 2.75) is 179 Å². The zero-order chi connectivity index (χ0) is 72.3. The number of phenolic OH excluding ortho intramolecular Hbond substituents is 1. The Labute approximate surface area is 577 Å². The first-order valence-corrected chi connectivity index (χ1v) is 34.9. The quantitative estimate of drug-likeness (QED) is 0.00935. The number of aromatic nitrogens is 1. The first-order chi connectivity index (χ1) is 46.8. The molecule has 0 spiro atoms. The number of hydrogen-bond donors (Lipinski definition) is 18. The Morgan fingerprint density at radius 1 is 0.480 bits per heavy atom. The maximum absolute atomic E-state index is 14.9. The van der Waals surface area contributed by atoms with Crippen molar-refractivity contribution < 1.29 is 58.2 Å². The van der Waals surface area contributed by atoms with Crippen LogP contribution >= 0.6 is 11.8 Å². The molecule has 10 atom stereocenters. The summed E-state index contributed by atoms with van der Waals surface area (Å²) in [5.74, 6) is -11.0. The number of carbonyl (C=O) groups is 10. The standard InChI is InChI=1S/C68H105N17O12S/c1-40(2)56(65(94)82-53(37-43-26-28-45(86)29-27-43)63(92)80-52(36-42-18-7-6-8-19-42)62(91)78-50(24-17-34-75-68(73)74)60(89)83-55(72)25-13-16-33-71)85-66(95)57(41(3)4)84-61(90)51(30-35-98-5)79-64(93)54(38-44-39-76-48-22-10-9-20-46(44)48)81-59(88)49(23-12-15-32-70)77-58(87)47(67(96)97)21-11-14-31-69/h6-10,18-20,22,26-29,39-41,47,49-57,76,86H,11-17,21,23-25,30-38,69-72H2,1-5H3,(H,77,87)(H,78,91)(H,79,93)(H,80,92)(H,81,88)(H,82,94)(H,83,89)(H,84,90)(H,85,95)(H,96,97)(H4,73,74,75)/t47-,49-,50-,51-,52-,53-,54-,55-,56?,57-/m1/s1. The number of phenols is 1. The molecule has 0 aliphatic carbocycles. The topological polar surface area (TPSA) is 504 Å². The first kappa shape index (κ1) is 81.6. The number of nitrogens with one attached hydrogen (secondary N) is 10. The van der Waals surface area contributed by atoms with Gasteiger partial charge in [-0.2, -0.15) is 11.8 Å². The van der Waals surface area contributed by atoms with Gasteiger partial charge in [-0.15, -0.1) is 0 Å². The maximum atomic E-state index is 14.9. The van der Waals surface area contributed by atoms with Crippen molar-refractivity contribution in [3.8, 4) is 5.75 Å². The van der Waals surface area contributed by atoms with E-state index in [0.29, 0.717) is 80.5 Å². The van der Waals surface area contributed by atoms with E-state index in [1.54, 1.807) is 88.7 Å². The molecule has 0 saturated heterocycles. The minimum atomic E-state index is -1.48. The Morgan fingerprint density at radius 3 is 1.45 bits per heavy atom. The monoisotopic (exact) mass is 1380 g/mol. The Hall–Kier alpha value is -8.84. The number of guanidine groups is 1. The molecule has 4 aromatic rings. The minimum Gasteiger partial charge on any atom is -0.508 e. The number of benzene rings is 3. The molecule has 9 amide bonds. The van der Waals surface area contributed by atoms with E-state index in [1.165, 1.54) is 23.9 Å². The normalized spacial score (nSPS) is 14.4. The van der Waals surface area contributed by atoms with Crippen LogP contribution in [0.4, 0.5) is 0 Å². The smallest absolute Gasteiger partial charge is 0.316 e. The molecule has 540 valence electrons. The van der Waals surface area contributed by atoms with Gasteiger partial charge in [0.25, 0.3) is 0 Å². The molecule has 29 nitrogen and oxygen atoms in total. The number of carbonyl (C=O) groups excluding carboxylic acids is 9. The number of thioether (sulfide) groups is 1. The Balaban J connectivity index is 1.64. The molecular formula is C68H105N17O12S. The second kappa shape index (κ2) is 43.4. The van der Waals surface area contributed by atoms with E-state index in [2.05, 4.69) is 57.8 Å². The van der Waals surface area contributed by atoms with Crippen LogP contribution in [0.2, 0.25) is 0 Å². The summed E-state index contributed by atoms with van der Waals surface area (Å²) < 4.78 is 0. The molecule has 98 heavy (non-hydrogen) atoms. The third kappa shape index (κ3) is 28.3. The number of H-pyrrole nitrogens is 1. The van der Waals surface area contributed by atoms with Crippen molar-refractivity contribution in [3.63, 3.8) is 0 Å². The van der Waals surface area contributed by atoms with Crippen LogP contribution in [-0.2, 0) is 67.2 Å². The molecule has 1 heterocycles. The minimum absolute atomic E-state index is 0.0229. The number of para-hydroxylation sites is 1. The van der Waals surface area contributed by atoms with Crippen LogP contribution in [0, 0.1) is 17.8 Å². The van der Waals surface area contributed by atoms with Gasteiger partial charge in [0.05, 0.1) is 6.17 Å². The lowest BCUT2D eigenvalue weighted by molar-refractivity contribution is -0.148. The van der Waals surface area contributed by atoms with E-state index in [4.69, 9.17) is 34.4 Å². The van der Waals surface area contributed by atoms with Crippen LogP contribution in [0.25, 0.3) is 10.9 Å². The fourth-order valence-corrected chi connectivity index (χ4v) is 11.3. The highest BCUT2D eigenvalue weighted by atomic mass is 32.2. The number of unbranched alkanes of at least 4 members (excludes halogenated alkanes) is 3. The van der Waals surface area contributed by atoms with Crippen molar-refractivity contribution in [1.29, 1.82) is 0 Å². The highest BCUT2D eigenvalue weighted by molar-refractivity contribution is 7.98. The number of rotatable bonds is 46. The van der Waals surface area contributed by atoms with Crippen molar-refractivity contribution in [3.05, 3.63) is 102 Å². The Bertz CT molecular complexity index is 3220. The van der Waals surface area contributed by atoms with Crippen LogP contribution in [0.5, 0.6) is 5.75 Å². The molecule has 0 fully saturated rings. The summed E-state index contributed by atoms with van der Waals surface area (Å²) in [6.45, 7) is 7.79. The predicted molar refractivity (Wildman–Crippen MR) is 378 cm³/mol. The molecule has 0 saturated carbocycles. The molecule has 1 unspecified atom stereocenters. The zero-order valence-electron chi connectivity index (χ0n) is 56.9. The van der Waals surface area contributed by atoms with E-state index < -0.39 is 131 Å². The molecular weight excluding hydrogens is 1280 g/mol. The van der Waals surface area contributed by atoms with Crippen molar-refractivity contribution in [2.75, 3.05) is 38.2 Å². The van der Waals surface area contributed by atoms with Gasteiger partial charge in [0.2, 0.25) is 53.2 Å². The molecule has 0 radical (unpaired) electrons. The van der Waals surface area contributed by atoms with Crippen LogP contribution < -0.4 is 82.3 Å². The number of hydrogen-bond acceptors (Lipinski definition) is 17. The lowest BCUT2D eigenvalue weighted by atomic mass is 9.98. The molecule has 0 aliphatic rings. The van der Waals surface area contributed by atoms with Gasteiger partial charge < -0.3 is 97.5 Å². The van der Waals surface area contributed by atoms with Gasteiger partial charge in [0.15, 0.2) is 5.96 Å². The zero-order valence-corrected chi connectivity index (χ0v) is 57.8. The van der Waals surface area contributed by atoms with Crippen molar-refractivity contribution in [1.82, 2.24) is 52.8 Å². The van der Waals surface area contributed by atoms with E-state index >= 15 is 0 Å². The van der Waals surface area contributed by atoms with E-state index in [-0.39, 0.29) is 76.2 Å². The number of aromatic amines is 1. The summed E-state index contributed by atoms with van der Waals surface area (Å²) in [6.07, 6.45) is 6.19. The van der Waals surface area contributed by atoms with Gasteiger partial charge in [-0.25, -0.2) is 0 Å². The summed E-state index contributed by atoms with van der Waals surface area (Å²) in [5.41, 5.74) is 36.9. The predicted octanol–water partition coefficient (Wildman–Crippen LogP) is 0.387. The summed E-state index contributed by atoms with van der Waals surface area (Å²) in [5, 5.41) is 45.9. The number of amides is 9. The van der Waals surface area contributed by atoms with Crippen molar-refractivity contribution >= 4 is 87.8 Å². The van der Waals surface area contributed by atoms with E-state index in [9.17, 15) is 58.2 Å². The van der Waals surface area contributed by atoms with Gasteiger partial charge in [0, 0.05) is 42.9 Å². The Kier molecular flexibility index (Phi) is 36.2. The van der Waals surface area contributed by atoms with Crippen LogP contribution in [-0.4, -0.2) is 173 Å². The van der Waals surface area contributed by atoms with Gasteiger partial charge in [-0.3, -0.25) is 52.9 Å². The van der Waals surface area contributed by atoms with E-state index in [1.807, 2.05) is 18.2 Å². The number of aromatic hydroxyl groups is 1. The molecule has 24 N–H and O–H groups in total.